The van der Waals surface area contributed by atoms with E-state index in [1.807, 2.05) is 18.2 Å². The molecule has 0 saturated heterocycles. The Bertz CT molecular complexity index is 496. The van der Waals surface area contributed by atoms with E-state index in [1.54, 1.807) is 7.11 Å². The van der Waals surface area contributed by atoms with Crippen LogP contribution in [0.15, 0.2) is 18.2 Å². The van der Waals surface area contributed by atoms with Crippen molar-refractivity contribution in [3.8, 4) is 17.9 Å². The van der Waals surface area contributed by atoms with Crippen LogP contribution in [0.4, 0.5) is 0 Å². The molecule has 0 amide bonds. The summed E-state index contributed by atoms with van der Waals surface area (Å²) in [6.07, 6.45) is 1.85. The van der Waals surface area contributed by atoms with Gasteiger partial charge in [-0.15, -0.1) is 0 Å². The van der Waals surface area contributed by atoms with E-state index in [9.17, 15) is 5.26 Å². The van der Waals surface area contributed by atoms with Crippen molar-refractivity contribution in [2.75, 3.05) is 7.11 Å². The van der Waals surface area contributed by atoms with Gasteiger partial charge in [0.05, 0.1) is 31.1 Å². The van der Waals surface area contributed by atoms with Crippen molar-refractivity contribution >= 4 is 0 Å². The van der Waals surface area contributed by atoms with Gasteiger partial charge < -0.3 is 4.74 Å². The van der Waals surface area contributed by atoms with Gasteiger partial charge in [-0.25, -0.2) is 0 Å². The number of nitriles is 2. The van der Waals surface area contributed by atoms with Crippen LogP contribution in [0.3, 0.4) is 0 Å². The van der Waals surface area contributed by atoms with Crippen LogP contribution in [0.1, 0.15) is 24.0 Å². The van der Waals surface area contributed by atoms with Crippen LogP contribution in [0.2, 0.25) is 0 Å². The fourth-order valence-electron chi connectivity index (χ4n) is 2.33. The minimum atomic E-state index is -0.601. The summed E-state index contributed by atoms with van der Waals surface area (Å²) in [5, 5.41) is 18.1. The minimum Gasteiger partial charge on any atom is -0.497 e. The van der Waals surface area contributed by atoms with Crippen LogP contribution < -0.4 is 4.74 Å². The van der Waals surface area contributed by atoms with Crippen molar-refractivity contribution in [2.24, 2.45) is 0 Å². The molecule has 0 heterocycles. The molecule has 0 aromatic heterocycles. The van der Waals surface area contributed by atoms with Gasteiger partial charge in [0.2, 0.25) is 0 Å². The molecule has 1 unspecified atom stereocenters. The van der Waals surface area contributed by atoms with Gasteiger partial charge in [0, 0.05) is 0 Å². The van der Waals surface area contributed by atoms with Crippen molar-refractivity contribution in [3.05, 3.63) is 29.3 Å². The number of rotatable bonds is 2. The van der Waals surface area contributed by atoms with Gasteiger partial charge in [-0.05, 0) is 36.1 Å². The van der Waals surface area contributed by atoms with E-state index in [-0.39, 0.29) is 6.42 Å². The van der Waals surface area contributed by atoms with E-state index in [2.05, 4.69) is 12.1 Å². The molecule has 0 aliphatic heterocycles. The van der Waals surface area contributed by atoms with Gasteiger partial charge in [0.25, 0.3) is 0 Å². The Morgan fingerprint density at radius 2 is 2.25 bits per heavy atom. The predicted octanol–water partition coefficient (Wildman–Crippen LogP) is 2.32. The molecular formula is C13H12N2O. The van der Waals surface area contributed by atoms with Gasteiger partial charge in [0.1, 0.15) is 5.75 Å². The highest BCUT2D eigenvalue weighted by Gasteiger charge is 2.39. The van der Waals surface area contributed by atoms with Gasteiger partial charge in [-0.1, -0.05) is 6.07 Å². The average Bonchev–Trinajstić information content (AvgIpc) is 2.69. The number of hydrogen-bond acceptors (Lipinski definition) is 3. The topological polar surface area (TPSA) is 56.8 Å². The number of ether oxygens (including phenoxy) is 1. The zero-order chi connectivity index (χ0) is 11.6. The molecule has 1 aliphatic carbocycles. The first-order valence-electron chi connectivity index (χ1n) is 5.21. The van der Waals surface area contributed by atoms with E-state index < -0.39 is 5.41 Å². The molecule has 0 saturated carbocycles. The van der Waals surface area contributed by atoms with Crippen molar-refractivity contribution in [2.45, 2.75) is 24.7 Å². The zero-order valence-electron chi connectivity index (χ0n) is 9.16. The molecule has 16 heavy (non-hydrogen) atoms. The first-order chi connectivity index (χ1) is 7.75. The Labute approximate surface area is 94.9 Å². The Morgan fingerprint density at radius 3 is 2.88 bits per heavy atom. The fourth-order valence-corrected chi connectivity index (χ4v) is 2.33. The third-order valence-electron chi connectivity index (χ3n) is 3.24. The molecule has 3 nitrogen and oxygen atoms in total. The molecule has 1 aliphatic rings. The van der Waals surface area contributed by atoms with Gasteiger partial charge in [-0.3, -0.25) is 0 Å². The molecule has 0 N–H and O–H groups in total. The highest BCUT2D eigenvalue weighted by Crippen LogP contribution is 2.42. The van der Waals surface area contributed by atoms with Crippen LogP contribution in [0.5, 0.6) is 5.75 Å². The molecule has 0 bridgehead atoms. The van der Waals surface area contributed by atoms with Crippen molar-refractivity contribution in [1.29, 1.82) is 10.5 Å². The van der Waals surface area contributed by atoms with Gasteiger partial charge in [-0.2, -0.15) is 10.5 Å². The van der Waals surface area contributed by atoms with Crippen molar-refractivity contribution in [3.63, 3.8) is 0 Å². The Balaban J connectivity index is 2.48. The minimum absolute atomic E-state index is 0.267. The second-order valence-corrected chi connectivity index (χ2v) is 4.05. The monoisotopic (exact) mass is 212 g/mol. The van der Waals surface area contributed by atoms with E-state index in [0.29, 0.717) is 0 Å². The van der Waals surface area contributed by atoms with Crippen LogP contribution in [0, 0.1) is 22.7 Å². The van der Waals surface area contributed by atoms with Gasteiger partial charge in [0.15, 0.2) is 0 Å². The summed E-state index contributed by atoms with van der Waals surface area (Å²) in [7, 11) is 1.63. The lowest BCUT2D eigenvalue weighted by Gasteiger charge is -2.18. The van der Waals surface area contributed by atoms with E-state index >= 15 is 0 Å². The highest BCUT2D eigenvalue weighted by molar-refractivity contribution is 5.48. The first-order valence-corrected chi connectivity index (χ1v) is 5.21. The number of nitrogens with zero attached hydrogens (tertiary/aromatic N) is 2. The predicted molar refractivity (Wildman–Crippen MR) is 58.8 cm³/mol. The zero-order valence-corrected chi connectivity index (χ0v) is 9.16. The normalized spacial score (nSPS) is 21.9. The third kappa shape index (κ3) is 1.42. The molecule has 0 radical (unpaired) electrons. The quantitative estimate of drug-likeness (QED) is 0.755. The molecule has 1 aromatic carbocycles. The molecule has 1 aromatic rings. The smallest absolute Gasteiger partial charge is 0.119 e. The maximum Gasteiger partial charge on any atom is 0.119 e. The van der Waals surface area contributed by atoms with Crippen LogP contribution in [-0.4, -0.2) is 7.11 Å². The number of fused-ring (bicyclic) bond motifs is 1. The molecule has 0 fully saturated rings. The molecule has 3 heteroatoms. The highest BCUT2D eigenvalue weighted by atomic mass is 16.5. The number of benzene rings is 1. The Morgan fingerprint density at radius 1 is 1.44 bits per heavy atom. The summed E-state index contributed by atoms with van der Waals surface area (Å²) < 4.78 is 5.15. The average molecular weight is 212 g/mol. The lowest BCUT2D eigenvalue weighted by atomic mass is 9.81. The fraction of sp³-hybridized carbons (Fsp3) is 0.385. The maximum atomic E-state index is 9.29. The molecule has 1 atom stereocenters. The summed E-state index contributed by atoms with van der Waals surface area (Å²) in [5.41, 5.74) is 1.53. The van der Waals surface area contributed by atoms with Crippen LogP contribution in [-0.2, 0) is 11.8 Å². The Hall–Kier alpha value is -2.00. The van der Waals surface area contributed by atoms with Crippen molar-refractivity contribution in [1.82, 2.24) is 0 Å². The Kier molecular flexibility index (Phi) is 2.54. The van der Waals surface area contributed by atoms with Crippen LogP contribution >= 0.6 is 0 Å². The molecule has 80 valence electrons. The van der Waals surface area contributed by atoms with Gasteiger partial charge >= 0.3 is 0 Å². The maximum absolute atomic E-state index is 9.29. The number of aryl methyl sites for hydroxylation is 1. The first kappa shape index (κ1) is 10.5. The molecular weight excluding hydrogens is 200 g/mol. The lowest BCUT2D eigenvalue weighted by molar-refractivity contribution is 0.414. The third-order valence-corrected chi connectivity index (χ3v) is 3.24. The summed E-state index contributed by atoms with van der Waals surface area (Å²) >= 11 is 0. The SMILES string of the molecule is COc1ccc2c(c1)CCC2(C#N)CC#N. The number of methoxy groups -OCH3 is 1. The summed E-state index contributed by atoms with van der Waals surface area (Å²) in [6.45, 7) is 0. The number of hydrogen-bond donors (Lipinski definition) is 0. The second kappa shape index (κ2) is 3.87. The van der Waals surface area contributed by atoms with Crippen molar-refractivity contribution < 1.29 is 4.74 Å². The molecule has 2 rings (SSSR count). The van der Waals surface area contributed by atoms with Crippen LogP contribution in [0.25, 0.3) is 0 Å². The molecule has 0 spiro atoms. The van der Waals surface area contributed by atoms with E-state index in [0.717, 1.165) is 29.7 Å². The summed E-state index contributed by atoms with van der Waals surface area (Å²) in [5.74, 6) is 0.810. The second-order valence-electron chi connectivity index (χ2n) is 4.05. The summed E-state index contributed by atoms with van der Waals surface area (Å²) in [4.78, 5) is 0. The lowest BCUT2D eigenvalue weighted by Crippen LogP contribution is -2.19. The summed E-state index contributed by atoms with van der Waals surface area (Å²) in [6, 6.07) is 10.2. The van der Waals surface area contributed by atoms with E-state index in [4.69, 9.17) is 10.00 Å². The largest absolute Gasteiger partial charge is 0.497 e. The standard InChI is InChI=1S/C13H12N2O/c1-16-11-2-3-12-10(8-11)4-5-13(12,9-15)6-7-14/h2-3,8H,4-6H2,1H3. The van der Waals surface area contributed by atoms with E-state index in [1.165, 1.54) is 0 Å².